The molecular formula is C82H58N12. The van der Waals surface area contributed by atoms with E-state index in [0.717, 1.165) is 101 Å². The van der Waals surface area contributed by atoms with Crippen LogP contribution in [0.25, 0.3) is 32.3 Å². The fourth-order valence-electron chi connectivity index (χ4n) is 12.9. The van der Waals surface area contributed by atoms with Gasteiger partial charge in [0, 0.05) is 104 Å². The lowest BCUT2D eigenvalue weighted by atomic mass is 9.86. The van der Waals surface area contributed by atoms with Gasteiger partial charge in [0.2, 0.25) is 0 Å². The lowest BCUT2D eigenvalue weighted by molar-refractivity contribution is 1.16. The molecule has 0 saturated carbocycles. The van der Waals surface area contributed by atoms with E-state index in [1.165, 1.54) is 0 Å². The zero-order valence-electron chi connectivity index (χ0n) is 50.9. The maximum Gasteiger partial charge on any atom is 0.137 e. The van der Waals surface area contributed by atoms with Gasteiger partial charge in [-0.15, -0.1) is 0 Å². The van der Waals surface area contributed by atoms with Crippen molar-refractivity contribution >= 4 is 135 Å². The minimum Gasteiger partial charge on any atom is -0.294 e. The van der Waals surface area contributed by atoms with E-state index < -0.39 is 0 Å². The van der Waals surface area contributed by atoms with Crippen molar-refractivity contribution in [3.8, 4) is 0 Å². The summed E-state index contributed by atoms with van der Waals surface area (Å²) in [7, 11) is 0. The highest BCUT2D eigenvalue weighted by atomic mass is 15.3. The molecule has 6 aromatic heterocycles. The number of hydrogen-bond donors (Lipinski definition) is 0. The Labute approximate surface area is 544 Å². The Morgan fingerprint density at radius 3 is 0.532 bits per heavy atom. The number of para-hydroxylation sites is 6. The van der Waals surface area contributed by atoms with Crippen molar-refractivity contribution in [1.29, 1.82) is 0 Å². The number of pyridine rings is 6. The molecule has 0 spiro atoms. The lowest BCUT2D eigenvalue weighted by Crippen LogP contribution is -2.20. The molecule has 0 N–H and O–H groups in total. The number of hydrogen-bond acceptors (Lipinski definition) is 12. The van der Waals surface area contributed by atoms with Crippen LogP contribution in [-0.4, -0.2) is 29.9 Å². The van der Waals surface area contributed by atoms with Gasteiger partial charge in [-0.1, -0.05) is 146 Å². The first-order valence-corrected chi connectivity index (χ1v) is 31.2. The highest BCUT2D eigenvalue weighted by Crippen LogP contribution is 2.60. The Hall–Kier alpha value is -13.1. The zero-order valence-corrected chi connectivity index (χ0v) is 50.9. The molecule has 0 aliphatic carbocycles. The smallest absolute Gasteiger partial charge is 0.137 e. The summed E-state index contributed by atoms with van der Waals surface area (Å²) in [5.74, 6) is 4.25. The van der Waals surface area contributed by atoms with E-state index in [9.17, 15) is 0 Å². The molecule has 0 fully saturated rings. The van der Waals surface area contributed by atoms with Gasteiger partial charge < -0.3 is 0 Å². The van der Waals surface area contributed by atoms with Crippen LogP contribution < -0.4 is 29.4 Å². The molecule has 10 aromatic carbocycles. The van der Waals surface area contributed by atoms with E-state index >= 15 is 0 Å². The normalized spacial score (nSPS) is 11.2. The molecule has 0 aliphatic rings. The molecular weight excluding hydrogens is 1150 g/mol. The van der Waals surface area contributed by atoms with Crippen molar-refractivity contribution in [2.45, 2.75) is 0 Å². The topological polar surface area (TPSA) is 96.8 Å². The van der Waals surface area contributed by atoms with Crippen LogP contribution >= 0.6 is 0 Å². The molecule has 6 heterocycles. The van der Waals surface area contributed by atoms with Gasteiger partial charge >= 0.3 is 0 Å². The van der Waals surface area contributed by atoms with Crippen molar-refractivity contribution in [1.82, 2.24) is 29.9 Å². The Balaban J connectivity index is 1.24. The van der Waals surface area contributed by atoms with E-state index in [1.807, 2.05) is 73.6 Å². The molecule has 0 bridgehead atoms. The first kappa shape index (κ1) is 56.2. The molecule has 12 nitrogen and oxygen atoms in total. The first-order chi connectivity index (χ1) is 46.7. The van der Waals surface area contributed by atoms with Gasteiger partial charge in [-0.25, -0.2) is 29.9 Å². The lowest BCUT2D eigenvalue weighted by Gasteiger charge is -2.37. The average molecular weight is 1210 g/mol. The summed E-state index contributed by atoms with van der Waals surface area (Å²) >= 11 is 0. The molecule has 16 aromatic rings. The molecule has 0 saturated heterocycles. The standard InChI is InChI=1S/C82H58N12/c1-7-31-59(32-8-1)89(73-43-19-25-49-83-73)67-57-71(93(63-39-15-5-16-40-63)77-47-23-29-53-87-77)81-70(92(62-37-13-4-14-38-62)76-46-22-28-52-86-76)56-66-68(90(60-33-9-2-10-34-60)74-44-20-26-50-84-74)58-72(94(64-41-17-6-18-42-64)78-48-24-30-54-88-78)82-69(55-65(67)79(81)80(66)82)91(61-35-11-3-12-36-61)75-45-21-27-51-85-75/h1-58H. The van der Waals surface area contributed by atoms with Crippen molar-refractivity contribution in [2.24, 2.45) is 0 Å². The van der Waals surface area contributed by atoms with Crippen LogP contribution in [0.3, 0.4) is 0 Å². The first-order valence-electron chi connectivity index (χ1n) is 31.2. The Kier molecular flexibility index (Phi) is 15.0. The second kappa shape index (κ2) is 25.1. The van der Waals surface area contributed by atoms with E-state index in [1.54, 1.807) is 0 Å². The fourth-order valence-corrected chi connectivity index (χ4v) is 12.9. The molecule has 0 atom stereocenters. The van der Waals surface area contributed by atoms with Crippen molar-refractivity contribution < 1.29 is 0 Å². The van der Waals surface area contributed by atoms with Gasteiger partial charge in [0.05, 0.1) is 34.1 Å². The SMILES string of the molecule is c1ccc(N(c2ccccn2)c2cc(N(c3ccccc3)c3ccccn3)c3c(N(c4ccccc4)c4ccccn4)cc4c(N(c5ccccc5)c5ccccn5)cc(N(c5ccccc5)c5ccccn5)c5c(N(c6ccccc6)c6ccccn6)cc2c3c45)cc1. The van der Waals surface area contributed by atoms with Crippen molar-refractivity contribution in [3.63, 3.8) is 0 Å². The average Bonchev–Trinajstić information content (AvgIpc) is 0.684. The van der Waals surface area contributed by atoms with Gasteiger partial charge in [-0.3, -0.25) is 29.4 Å². The van der Waals surface area contributed by atoms with Crippen LogP contribution in [0.15, 0.2) is 353 Å². The van der Waals surface area contributed by atoms with Gasteiger partial charge in [-0.05, 0) is 170 Å². The minimum absolute atomic E-state index is 0.706. The molecule has 12 heteroatoms. The van der Waals surface area contributed by atoms with Crippen LogP contribution in [0.5, 0.6) is 0 Å². The predicted octanol–water partition coefficient (Wildman–Crippen LogP) is 21.8. The highest BCUT2D eigenvalue weighted by Gasteiger charge is 2.36. The van der Waals surface area contributed by atoms with Gasteiger partial charge in [-0.2, -0.15) is 0 Å². The second-order valence-electron chi connectivity index (χ2n) is 22.4. The summed E-state index contributed by atoms with van der Waals surface area (Å²) < 4.78 is 0. The van der Waals surface area contributed by atoms with Gasteiger partial charge in [0.1, 0.15) is 34.9 Å². The molecule has 0 radical (unpaired) electrons. The maximum absolute atomic E-state index is 5.27. The number of rotatable bonds is 18. The quantitative estimate of drug-likeness (QED) is 0.0766. The van der Waals surface area contributed by atoms with Crippen LogP contribution in [0.2, 0.25) is 0 Å². The maximum atomic E-state index is 5.27. The summed E-state index contributed by atoms with van der Waals surface area (Å²) in [6.45, 7) is 0. The third kappa shape index (κ3) is 10.4. The van der Waals surface area contributed by atoms with Crippen molar-refractivity contribution in [2.75, 3.05) is 29.4 Å². The van der Waals surface area contributed by atoms with Gasteiger partial charge in [0.15, 0.2) is 0 Å². The summed E-state index contributed by atoms with van der Waals surface area (Å²) in [5.41, 5.74) is 10.4. The number of nitrogens with zero attached hydrogens (tertiary/aromatic N) is 12. The van der Waals surface area contributed by atoms with Crippen LogP contribution in [-0.2, 0) is 0 Å². The number of benzene rings is 10. The third-order valence-electron chi connectivity index (χ3n) is 16.8. The monoisotopic (exact) mass is 1210 g/mol. The van der Waals surface area contributed by atoms with E-state index in [0.29, 0.717) is 34.9 Å². The Bertz CT molecular complexity index is 4610. The second-order valence-corrected chi connectivity index (χ2v) is 22.4. The Morgan fingerprint density at radius 2 is 0.340 bits per heavy atom. The molecule has 0 amide bonds. The van der Waals surface area contributed by atoms with Crippen LogP contribution in [0.1, 0.15) is 0 Å². The summed E-state index contributed by atoms with van der Waals surface area (Å²) in [4.78, 5) is 45.4. The van der Waals surface area contributed by atoms with E-state index in [4.69, 9.17) is 29.9 Å². The molecule has 446 valence electrons. The molecule has 16 rings (SSSR count). The minimum atomic E-state index is 0.706. The highest BCUT2D eigenvalue weighted by molar-refractivity contribution is 6.38. The summed E-state index contributed by atoms with van der Waals surface area (Å²) in [6, 6.07) is 109. The molecule has 94 heavy (non-hydrogen) atoms. The predicted molar refractivity (Wildman–Crippen MR) is 385 cm³/mol. The number of anilines is 18. The van der Waals surface area contributed by atoms with E-state index in [-0.39, 0.29) is 0 Å². The number of aromatic nitrogens is 6. The van der Waals surface area contributed by atoms with Crippen LogP contribution in [0, 0.1) is 0 Å². The van der Waals surface area contributed by atoms with E-state index in [2.05, 4.69) is 308 Å². The summed E-state index contributed by atoms with van der Waals surface area (Å²) in [5, 5.41) is 5.48. The molecule has 0 unspecified atom stereocenters. The Morgan fingerprint density at radius 1 is 0.160 bits per heavy atom. The largest absolute Gasteiger partial charge is 0.294 e. The molecule has 0 aliphatic heterocycles. The summed E-state index contributed by atoms with van der Waals surface area (Å²) in [6.07, 6.45) is 11.2. The van der Waals surface area contributed by atoms with Gasteiger partial charge in [0.25, 0.3) is 0 Å². The van der Waals surface area contributed by atoms with Crippen molar-refractivity contribution in [3.05, 3.63) is 353 Å². The fraction of sp³-hybridized carbons (Fsp3) is 0. The third-order valence-corrected chi connectivity index (χ3v) is 16.8. The zero-order chi connectivity index (χ0) is 62.6. The van der Waals surface area contributed by atoms with Crippen LogP contribution in [0.4, 0.5) is 103 Å².